The average Bonchev–Trinajstić information content (AvgIpc) is 3.74. The van der Waals surface area contributed by atoms with Gasteiger partial charge in [0.15, 0.2) is 0 Å². The minimum atomic E-state index is -0.463. The standard InChI is InChI=1S/C35H40N6O4/c1-39-12-4-6-25(39)20-45-35-37-31-14-22(30-15-26(42)13-21-5-2-3-7-28(21)30)8-11-29(31)33(38-35)41-23-9-10-24(41)19-40(18-23)34(44)32-16-27(43)17-36-32/h2-3,5,7-8,11,13-15,23-25,27,32,36,42-43H,4,6,9-10,12,16-20H2,1H3/t23-,24+,25-,27+,32-/m0/s1. The van der Waals surface area contributed by atoms with E-state index in [0.29, 0.717) is 44.7 Å². The molecule has 0 aliphatic carbocycles. The number of aromatic nitrogens is 2. The molecule has 3 N–H and O–H groups in total. The summed E-state index contributed by atoms with van der Waals surface area (Å²) < 4.78 is 6.34. The van der Waals surface area contributed by atoms with Crippen molar-refractivity contribution in [3.63, 3.8) is 0 Å². The first-order valence-electron chi connectivity index (χ1n) is 16.3. The average molecular weight is 609 g/mol. The monoisotopic (exact) mass is 608 g/mol. The summed E-state index contributed by atoms with van der Waals surface area (Å²) >= 11 is 0. The Bertz CT molecular complexity index is 1750. The van der Waals surface area contributed by atoms with Gasteiger partial charge >= 0.3 is 6.01 Å². The number of amides is 1. The van der Waals surface area contributed by atoms with Gasteiger partial charge in [-0.2, -0.15) is 9.97 Å². The van der Waals surface area contributed by atoms with E-state index in [2.05, 4.69) is 46.4 Å². The molecule has 5 atom stereocenters. The second-order valence-corrected chi connectivity index (χ2v) is 13.2. The van der Waals surface area contributed by atoms with Crippen LogP contribution in [-0.4, -0.2) is 106 Å². The van der Waals surface area contributed by atoms with Crippen LogP contribution in [0.15, 0.2) is 54.6 Å². The van der Waals surface area contributed by atoms with E-state index < -0.39 is 6.10 Å². The summed E-state index contributed by atoms with van der Waals surface area (Å²) in [6.45, 7) is 3.33. The lowest BCUT2D eigenvalue weighted by atomic mass is 9.97. The number of aliphatic hydroxyl groups is 1. The SMILES string of the molecule is CN1CCC[C@H]1COc1nc(N2[C@@H]3CC[C@H]2CN(C(=O)[C@@H]2C[C@@H](O)CN2)C3)c2ccc(-c3cc(O)cc4ccccc34)cc2n1. The summed E-state index contributed by atoms with van der Waals surface area (Å²) in [4.78, 5) is 30.1. The first-order chi connectivity index (χ1) is 21.9. The van der Waals surface area contributed by atoms with Crippen molar-refractivity contribution in [3.05, 3.63) is 54.6 Å². The fourth-order valence-corrected chi connectivity index (χ4v) is 7.97. The number of nitrogens with one attached hydrogen (secondary N) is 1. The van der Waals surface area contributed by atoms with Crippen molar-refractivity contribution in [1.29, 1.82) is 0 Å². The molecule has 8 rings (SSSR count). The smallest absolute Gasteiger partial charge is 0.319 e. The summed E-state index contributed by atoms with van der Waals surface area (Å²) in [7, 11) is 2.14. The number of phenolic OH excluding ortho intramolecular Hbond substituents is 1. The number of nitrogens with zero attached hydrogens (tertiary/aromatic N) is 5. The number of phenols is 1. The number of carbonyl (C=O) groups excluding carboxylic acids is 1. The first-order valence-corrected chi connectivity index (χ1v) is 16.3. The number of benzene rings is 3. The Morgan fingerprint density at radius 1 is 1.02 bits per heavy atom. The van der Waals surface area contributed by atoms with Crippen molar-refractivity contribution < 1.29 is 19.7 Å². The third-order valence-electron chi connectivity index (χ3n) is 10.3. The molecule has 1 aromatic heterocycles. The lowest BCUT2D eigenvalue weighted by molar-refractivity contribution is -0.134. The summed E-state index contributed by atoms with van der Waals surface area (Å²) in [5, 5.41) is 26.7. The maximum Gasteiger partial charge on any atom is 0.319 e. The molecule has 0 spiro atoms. The number of carbonyl (C=O) groups is 1. The molecule has 4 saturated heterocycles. The summed E-state index contributed by atoms with van der Waals surface area (Å²) in [5.41, 5.74) is 2.70. The van der Waals surface area contributed by atoms with Crippen molar-refractivity contribution in [1.82, 2.24) is 25.1 Å². The Hall–Kier alpha value is -3.99. The van der Waals surface area contributed by atoms with Crippen LogP contribution in [0.1, 0.15) is 32.1 Å². The molecular weight excluding hydrogens is 568 g/mol. The summed E-state index contributed by atoms with van der Waals surface area (Å²) in [5.74, 6) is 1.17. The van der Waals surface area contributed by atoms with Crippen molar-refractivity contribution in [2.45, 2.75) is 62.4 Å². The van der Waals surface area contributed by atoms with Crippen LogP contribution in [0.5, 0.6) is 11.8 Å². The second-order valence-electron chi connectivity index (χ2n) is 13.2. The van der Waals surface area contributed by atoms with Gasteiger partial charge in [-0.05, 0) is 91.9 Å². The fourth-order valence-electron chi connectivity index (χ4n) is 7.97. The molecule has 10 nitrogen and oxygen atoms in total. The molecule has 0 saturated carbocycles. The molecule has 3 aromatic carbocycles. The second kappa shape index (κ2) is 11.4. The zero-order valence-electron chi connectivity index (χ0n) is 25.6. The van der Waals surface area contributed by atoms with E-state index in [1.807, 2.05) is 29.2 Å². The van der Waals surface area contributed by atoms with Gasteiger partial charge in [-0.15, -0.1) is 0 Å². The Balaban J connectivity index is 1.16. The number of aliphatic hydroxyl groups excluding tert-OH is 1. The quantitative estimate of drug-likeness (QED) is 0.303. The highest BCUT2D eigenvalue weighted by atomic mass is 16.5. The number of aromatic hydroxyl groups is 1. The van der Waals surface area contributed by atoms with E-state index in [9.17, 15) is 15.0 Å². The third-order valence-corrected chi connectivity index (χ3v) is 10.3. The molecule has 45 heavy (non-hydrogen) atoms. The number of rotatable bonds is 6. The van der Waals surface area contributed by atoms with Crippen LogP contribution < -0.4 is 15.0 Å². The number of likely N-dealkylation sites (tertiary alicyclic amines) is 2. The predicted octanol–water partition coefficient (Wildman–Crippen LogP) is 3.53. The predicted molar refractivity (Wildman–Crippen MR) is 174 cm³/mol. The zero-order valence-corrected chi connectivity index (χ0v) is 25.6. The molecule has 0 radical (unpaired) electrons. The van der Waals surface area contributed by atoms with E-state index >= 15 is 0 Å². The number of hydrogen-bond donors (Lipinski definition) is 3. The number of hydrogen-bond acceptors (Lipinski definition) is 9. The van der Waals surface area contributed by atoms with Crippen LogP contribution in [0.25, 0.3) is 32.8 Å². The van der Waals surface area contributed by atoms with Gasteiger partial charge in [-0.25, -0.2) is 0 Å². The third kappa shape index (κ3) is 5.24. The van der Waals surface area contributed by atoms with Gasteiger partial charge in [0.25, 0.3) is 0 Å². The zero-order chi connectivity index (χ0) is 30.7. The van der Waals surface area contributed by atoms with Gasteiger partial charge in [0, 0.05) is 43.1 Å². The number of likely N-dealkylation sites (N-methyl/N-ethyl adjacent to an activating group) is 1. The highest BCUT2D eigenvalue weighted by Gasteiger charge is 2.44. The molecule has 10 heteroatoms. The Morgan fingerprint density at radius 2 is 1.84 bits per heavy atom. The van der Waals surface area contributed by atoms with Crippen molar-refractivity contribution in [2.75, 3.05) is 44.7 Å². The van der Waals surface area contributed by atoms with E-state index in [1.165, 1.54) is 0 Å². The van der Waals surface area contributed by atoms with Gasteiger partial charge in [0.2, 0.25) is 5.91 Å². The van der Waals surface area contributed by atoms with E-state index in [1.54, 1.807) is 6.07 Å². The van der Waals surface area contributed by atoms with Gasteiger partial charge in [0.1, 0.15) is 18.2 Å². The summed E-state index contributed by atoms with van der Waals surface area (Å²) in [6, 6.07) is 18.6. The summed E-state index contributed by atoms with van der Waals surface area (Å²) in [6.07, 6.45) is 4.23. The molecule has 5 heterocycles. The van der Waals surface area contributed by atoms with Gasteiger partial charge in [-0.3, -0.25) is 4.79 Å². The maximum absolute atomic E-state index is 13.4. The normalized spacial score (nSPS) is 26.8. The number of piperazine rings is 1. The molecule has 0 unspecified atom stereocenters. The molecule has 1 amide bonds. The van der Waals surface area contributed by atoms with Crippen LogP contribution in [-0.2, 0) is 4.79 Å². The van der Waals surface area contributed by atoms with Crippen LogP contribution in [0.3, 0.4) is 0 Å². The van der Waals surface area contributed by atoms with E-state index in [-0.39, 0.29) is 29.8 Å². The number of β-amino-alcohol motifs (C(OH)–C–C–N with tert-alkyl or cyclic N) is 1. The van der Waals surface area contributed by atoms with Gasteiger partial charge in [0.05, 0.1) is 17.7 Å². The minimum Gasteiger partial charge on any atom is -0.508 e. The molecule has 234 valence electrons. The lowest BCUT2D eigenvalue weighted by Crippen LogP contribution is -2.58. The molecule has 4 aromatic rings. The molecular formula is C35H40N6O4. The number of anilines is 1. The van der Waals surface area contributed by atoms with Crippen molar-refractivity contribution in [3.8, 4) is 22.9 Å². The lowest BCUT2D eigenvalue weighted by Gasteiger charge is -2.42. The topological polar surface area (TPSA) is 114 Å². The maximum atomic E-state index is 13.4. The first kappa shape index (κ1) is 28.5. The number of ether oxygens (including phenoxy) is 1. The van der Waals surface area contributed by atoms with Crippen LogP contribution >= 0.6 is 0 Å². The Morgan fingerprint density at radius 3 is 2.60 bits per heavy atom. The molecule has 4 fully saturated rings. The van der Waals surface area contributed by atoms with Crippen molar-refractivity contribution in [2.24, 2.45) is 0 Å². The molecule has 4 aliphatic rings. The molecule has 4 aliphatic heterocycles. The van der Waals surface area contributed by atoms with Crippen LogP contribution in [0.2, 0.25) is 0 Å². The number of fused-ring (bicyclic) bond motifs is 4. The highest BCUT2D eigenvalue weighted by molar-refractivity contribution is 6.01. The van der Waals surface area contributed by atoms with E-state index in [0.717, 1.165) is 70.8 Å². The van der Waals surface area contributed by atoms with Crippen molar-refractivity contribution >= 4 is 33.4 Å². The highest BCUT2D eigenvalue weighted by Crippen LogP contribution is 2.40. The van der Waals surface area contributed by atoms with Gasteiger partial charge < -0.3 is 35.0 Å². The Labute approximate surface area is 262 Å². The Kier molecular flexibility index (Phi) is 7.23. The largest absolute Gasteiger partial charge is 0.508 e. The van der Waals surface area contributed by atoms with Crippen LogP contribution in [0, 0.1) is 0 Å². The minimum absolute atomic E-state index is 0.0864. The molecule has 2 bridgehead atoms. The fraction of sp³-hybridized carbons (Fsp3) is 0.457. The van der Waals surface area contributed by atoms with E-state index in [4.69, 9.17) is 14.7 Å². The van der Waals surface area contributed by atoms with Crippen LogP contribution in [0.4, 0.5) is 5.82 Å². The van der Waals surface area contributed by atoms with Gasteiger partial charge in [-0.1, -0.05) is 30.3 Å².